The van der Waals surface area contributed by atoms with E-state index in [2.05, 4.69) is 15.2 Å². The number of aliphatic carboxylic acids is 1. The summed E-state index contributed by atoms with van der Waals surface area (Å²) in [7, 11) is 0. The molecule has 2 N–H and O–H groups in total. The molecule has 2 aliphatic carbocycles. The first-order valence-electron chi connectivity index (χ1n) is 11.5. The summed E-state index contributed by atoms with van der Waals surface area (Å²) in [4.78, 5) is 30.6. The van der Waals surface area contributed by atoms with Crippen LogP contribution in [0.2, 0.25) is 0 Å². The van der Waals surface area contributed by atoms with Crippen LogP contribution >= 0.6 is 23.1 Å². The number of anilines is 1. The number of rotatable bonds is 9. The Morgan fingerprint density at radius 3 is 2.48 bits per heavy atom. The van der Waals surface area contributed by atoms with Gasteiger partial charge in [-0.15, -0.1) is 11.8 Å². The first kappa shape index (κ1) is 24.3. The number of amides is 2. The fraction of sp³-hybridized carbons (Fsp3) is 0.773. The summed E-state index contributed by atoms with van der Waals surface area (Å²) in [5.74, 6) is -0.263. The number of carbonyl (C=O) groups is 2. The van der Waals surface area contributed by atoms with Crippen molar-refractivity contribution in [1.82, 2.24) is 9.88 Å². The van der Waals surface area contributed by atoms with Crippen molar-refractivity contribution in [2.24, 2.45) is 5.92 Å². The smallest absolute Gasteiger partial charge is 0.324 e. The molecule has 174 valence electrons. The number of thioether (sulfide) groups is 1. The van der Waals surface area contributed by atoms with Crippen LogP contribution in [-0.4, -0.2) is 58.0 Å². The van der Waals surface area contributed by atoms with E-state index in [1.54, 1.807) is 6.20 Å². The maximum Gasteiger partial charge on any atom is 0.324 e. The molecule has 31 heavy (non-hydrogen) atoms. The molecular formula is C22H35N3O4S2. The van der Waals surface area contributed by atoms with E-state index in [0.717, 1.165) is 55.9 Å². The summed E-state index contributed by atoms with van der Waals surface area (Å²) in [5, 5.41) is 12.4. The number of thiazole rings is 1. The molecule has 0 unspecified atom stereocenters. The van der Waals surface area contributed by atoms with E-state index in [1.807, 2.05) is 6.92 Å². The lowest BCUT2D eigenvalue weighted by Gasteiger charge is -2.41. The largest absolute Gasteiger partial charge is 0.481 e. The van der Waals surface area contributed by atoms with Crippen LogP contribution in [0.25, 0.3) is 0 Å². The lowest BCUT2D eigenvalue weighted by molar-refractivity contribution is -0.133. The number of carboxylic acid groups (broad SMARTS) is 1. The fourth-order valence-corrected chi connectivity index (χ4v) is 6.29. The number of carbonyl (C=O) groups excluding carboxylic acids is 1. The van der Waals surface area contributed by atoms with E-state index in [1.165, 1.54) is 48.8 Å². The molecule has 2 amide bonds. The third-order valence-corrected chi connectivity index (χ3v) is 8.35. The van der Waals surface area contributed by atoms with Crippen LogP contribution in [0.3, 0.4) is 0 Å². The van der Waals surface area contributed by atoms with Crippen LogP contribution in [0.1, 0.15) is 71.1 Å². The highest BCUT2D eigenvalue weighted by molar-refractivity contribution is 8.01. The normalized spacial score (nSPS) is 22.6. The Balaban J connectivity index is 1.64. The number of ether oxygens (including phenoxy) is 1. The minimum Gasteiger partial charge on any atom is -0.481 e. The van der Waals surface area contributed by atoms with Gasteiger partial charge in [0.15, 0.2) is 5.13 Å². The molecular weight excluding hydrogens is 434 g/mol. The maximum absolute atomic E-state index is 13.4. The molecule has 3 rings (SSSR count). The summed E-state index contributed by atoms with van der Waals surface area (Å²) in [6.07, 6.45) is 12.9. The Kier molecular flexibility index (Phi) is 9.93. The minimum absolute atomic E-state index is 0.00519. The summed E-state index contributed by atoms with van der Waals surface area (Å²) >= 11 is 2.57. The van der Waals surface area contributed by atoms with Crippen molar-refractivity contribution in [2.45, 2.75) is 87.4 Å². The molecule has 0 radical (unpaired) electrons. The van der Waals surface area contributed by atoms with E-state index in [0.29, 0.717) is 11.0 Å². The van der Waals surface area contributed by atoms with Gasteiger partial charge in [0.05, 0.1) is 16.2 Å². The summed E-state index contributed by atoms with van der Waals surface area (Å²) in [6.45, 7) is 3.62. The van der Waals surface area contributed by atoms with Gasteiger partial charge in [-0.1, -0.05) is 37.0 Å². The second kappa shape index (κ2) is 12.6. The molecule has 0 aromatic carbocycles. The second-order valence-corrected chi connectivity index (χ2v) is 10.8. The third-order valence-electron chi connectivity index (χ3n) is 6.26. The van der Waals surface area contributed by atoms with E-state index in [9.17, 15) is 9.59 Å². The van der Waals surface area contributed by atoms with Crippen molar-refractivity contribution >= 4 is 40.2 Å². The number of aromatic nitrogens is 1. The lowest BCUT2D eigenvalue weighted by atomic mass is 9.85. The summed E-state index contributed by atoms with van der Waals surface area (Å²) in [5.41, 5.74) is 0. The Hall–Kier alpha value is -1.32. The Labute approximate surface area is 193 Å². The molecule has 2 fully saturated rings. The van der Waals surface area contributed by atoms with Crippen LogP contribution in [0.5, 0.6) is 0 Å². The van der Waals surface area contributed by atoms with Crippen molar-refractivity contribution in [3.05, 3.63) is 6.20 Å². The number of urea groups is 1. The van der Waals surface area contributed by atoms with E-state index >= 15 is 0 Å². The van der Waals surface area contributed by atoms with Crippen molar-refractivity contribution in [1.29, 1.82) is 0 Å². The molecule has 7 nitrogen and oxygen atoms in total. The molecule has 0 bridgehead atoms. The average molecular weight is 470 g/mol. The molecule has 0 atom stereocenters. The van der Waals surface area contributed by atoms with E-state index < -0.39 is 5.97 Å². The maximum atomic E-state index is 13.4. The SMILES string of the molecule is CCOCC1CCC(N(C(=O)Nc2ncc(SCC(=O)O)s2)C2CCCCCC2)CC1. The number of hydrogen-bond acceptors (Lipinski definition) is 6. The van der Waals surface area contributed by atoms with Gasteiger partial charge in [-0.05, 0) is 51.4 Å². The van der Waals surface area contributed by atoms with Crippen LogP contribution in [0, 0.1) is 5.92 Å². The quantitative estimate of drug-likeness (QED) is 0.368. The van der Waals surface area contributed by atoms with Gasteiger partial charge in [0.2, 0.25) is 0 Å². The monoisotopic (exact) mass is 469 g/mol. The molecule has 9 heteroatoms. The highest BCUT2D eigenvalue weighted by atomic mass is 32.2. The zero-order chi connectivity index (χ0) is 22.1. The van der Waals surface area contributed by atoms with Gasteiger partial charge in [0, 0.05) is 25.3 Å². The van der Waals surface area contributed by atoms with E-state index in [4.69, 9.17) is 9.84 Å². The Bertz CT molecular complexity index is 699. The highest BCUT2D eigenvalue weighted by Crippen LogP contribution is 2.34. The molecule has 0 spiro atoms. The van der Waals surface area contributed by atoms with Crippen molar-refractivity contribution in [2.75, 3.05) is 24.3 Å². The predicted molar refractivity (Wildman–Crippen MR) is 125 cm³/mol. The second-order valence-electron chi connectivity index (χ2n) is 8.48. The van der Waals surface area contributed by atoms with Gasteiger partial charge in [0.1, 0.15) is 0 Å². The third kappa shape index (κ3) is 7.64. The van der Waals surface area contributed by atoms with Gasteiger partial charge in [-0.3, -0.25) is 10.1 Å². The van der Waals surface area contributed by atoms with Gasteiger partial charge in [-0.25, -0.2) is 9.78 Å². The van der Waals surface area contributed by atoms with Gasteiger partial charge < -0.3 is 14.7 Å². The topological polar surface area (TPSA) is 91.8 Å². The molecule has 2 aliphatic rings. The zero-order valence-electron chi connectivity index (χ0n) is 18.4. The molecule has 2 saturated carbocycles. The number of nitrogens with one attached hydrogen (secondary N) is 1. The molecule has 1 aromatic rings. The van der Waals surface area contributed by atoms with Crippen molar-refractivity contribution < 1.29 is 19.4 Å². The molecule has 0 saturated heterocycles. The lowest BCUT2D eigenvalue weighted by Crippen LogP contribution is -2.50. The average Bonchev–Trinajstić information content (AvgIpc) is 3.03. The Morgan fingerprint density at radius 1 is 1.16 bits per heavy atom. The van der Waals surface area contributed by atoms with Gasteiger partial charge >= 0.3 is 12.0 Å². The fourth-order valence-electron chi connectivity index (χ4n) is 4.71. The van der Waals surface area contributed by atoms with Crippen LogP contribution in [0.15, 0.2) is 10.4 Å². The number of nitrogens with zero attached hydrogens (tertiary/aromatic N) is 2. The number of carboxylic acids is 1. The van der Waals surface area contributed by atoms with Crippen LogP contribution in [0.4, 0.5) is 9.93 Å². The molecule has 0 aliphatic heterocycles. The first-order valence-corrected chi connectivity index (χ1v) is 13.3. The van der Waals surface area contributed by atoms with Gasteiger partial charge in [-0.2, -0.15) is 0 Å². The van der Waals surface area contributed by atoms with Crippen molar-refractivity contribution in [3.8, 4) is 0 Å². The zero-order valence-corrected chi connectivity index (χ0v) is 20.0. The predicted octanol–water partition coefficient (Wildman–Crippen LogP) is 5.47. The first-order chi connectivity index (χ1) is 15.1. The Morgan fingerprint density at radius 2 is 1.84 bits per heavy atom. The van der Waals surface area contributed by atoms with Crippen LogP contribution < -0.4 is 5.32 Å². The summed E-state index contributed by atoms with van der Waals surface area (Å²) in [6, 6.07) is 0.503. The van der Waals surface area contributed by atoms with Gasteiger partial charge in [0.25, 0.3) is 0 Å². The number of hydrogen-bond donors (Lipinski definition) is 2. The molecule has 1 aromatic heterocycles. The standard InChI is InChI=1S/C22H35N3O4S2/c1-2-29-14-16-9-11-18(12-10-16)25(17-7-5-3-4-6-8-17)22(28)24-21-23-13-20(31-21)30-15-19(26)27/h13,16-18H,2-12,14-15H2,1H3,(H,26,27)(H,23,24,28). The molecule has 1 heterocycles. The van der Waals surface area contributed by atoms with Crippen molar-refractivity contribution in [3.63, 3.8) is 0 Å². The van der Waals surface area contributed by atoms with Crippen LogP contribution in [-0.2, 0) is 9.53 Å². The van der Waals surface area contributed by atoms with E-state index in [-0.39, 0.29) is 23.9 Å². The minimum atomic E-state index is -0.858. The summed E-state index contributed by atoms with van der Waals surface area (Å²) < 4.78 is 6.43. The highest BCUT2D eigenvalue weighted by Gasteiger charge is 2.34.